The number of carbonyl (C=O) groups excluding carboxylic acids is 2. The quantitative estimate of drug-likeness (QED) is 0.546. The van der Waals surface area contributed by atoms with E-state index >= 15 is 0 Å². The summed E-state index contributed by atoms with van der Waals surface area (Å²) >= 11 is 5.76. The van der Waals surface area contributed by atoms with Crippen LogP contribution in [0.5, 0.6) is 0 Å². The molecular formula is C16H26ClNO5. The Morgan fingerprint density at radius 3 is 2.83 bits per heavy atom. The number of amides is 1. The first-order chi connectivity index (χ1) is 11.0. The summed E-state index contributed by atoms with van der Waals surface area (Å²) in [6.07, 6.45) is 0.135. The Balaban J connectivity index is 2.32. The van der Waals surface area contributed by atoms with Crippen LogP contribution >= 0.6 is 11.6 Å². The summed E-state index contributed by atoms with van der Waals surface area (Å²) in [4.78, 5) is 27.5. The van der Waals surface area contributed by atoms with E-state index in [1.807, 2.05) is 0 Å². The molecule has 7 heteroatoms. The van der Waals surface area contributed by atoms with Crippen LogP contribution in [0.3, 0.4) is 0 Å². The van der Waals surface area contributed by atoms with E-state index in [0.29, 0.717) is 25.5 Å². The normalized spacial score (nSPS) is 34.9. The van der Waals surface area contributed by atoms with Gasteiger partial charge in [-0.05, 0) is 32.1 Å². The van der Waals surface area contributed by atoms with Crippen molar-refractivity contribution >= 4 is 23.3 Å². The first kappa shape index (κ1) is 18.6. The van der Waals surface area contributed by atoms with Gasteiger partial charge < -0.3 is 19.8 Å². The monoisotopic (exact) mass is 347 g/mol. The average Bonchev–Trinajstić information content (AvgIpc) is 3.00. The van der Waals surface area contributed by atoms with E-state index in [9.17, 15) is 19.8 Å². The molecule has 2 aliphatic rings. The van der Waals surface area contributed by atoms with E-state index in [0.717, 1.165) is 12.8 Å². The Labute approximate surface area is 141 Å². The number of hydrogen-bond donors (Lipinski definition) is 2. The summed E-state index contributed by atoms with van der Waals surface area (Å²) in [6, 6.07) is -0.0838. The Bertz CT molecular complexity index is 446. The van der Waals surface area contributed by atoms with E-state index in [-0.39, 0.29) is 37.0 Å². The van der Waals surface area contributed by atoms with Crippen LogP contribution in [0.4, 0.5) is 0 Å². The topological polar surface area (TPSA) is 87.1 Å². The van der Waals surface area contributed by atoms with E-state index in [2.05, 4.69) is 0 Å². The Morgan fingerprint density at radius 2 is 2.17 bits per heavy atom. The highest BCUT2D eigenvalue weighted by molar-refractivity contribution is 6.18. The van der Waals surface area contributed by atoms with Crippen LogP contribution < -0.4 is 0 Å². The molecule has 0 unspecified atom stereocenters. The minimum Gasteiger partial charge on any atom is -0.390 e. The second-order valence-corrected chi connectivity index (χ2v) is 6.87. The fourth-order valence-corrected chi connectivity index (χ4v) is 4.00. The van der Waals surface area contributed by atoms with Crippen LogP contribution in [0.1, 0.15) is 38.5 Å². The van der Waals surface area contributed by atoms with Gasteiger partial charge in [-0.25, -0.2) is 0 Å². The van der Waals surface area contributed by atoms with Crippen molar-refractivity contribution in [3.05, 3.63) is 0 Å². The third-order valence-corrected chi connectivity index (χ3v) is 5.38. The molecule has 0 bridgehead atoms. The fraction of sp³-hybridized carbons (Fsp3) is 0.875. The van der Waals surface area contributed by atoms with Gasteiger partial charge >= 0.3 is 0 Å². The van der Waals surface area contributed by atoms with E-state index in [1.165, 1.54) is 0 Å². The molecule has 0 aromatic heterocycles. The van der Waals surface area contributed by atoms with Gasteiger partial charge in [0.2, 0.25) is 5.91 Å². The van der Waals surface area contributed by atoms with Gasteiger partial charge in [-0.3, -0.25) is 9.59 Å². The summed E-state index contributed by atoms with van der Waals surface area (Å²) in [6.45, 7) is 0.954. The van der Waals surface area contributed by atoms with Gasteiger partial charge in [-0.2, -0.15) is 0 Å². The average molecular weight is 348 g/mol. The van der Waals surface area contributed by atoms with Crippen LogP contribution in [0, 0.1) is 5.41 Å². The maximum Gasteiger partial charge on any atom is 0.239 e. The predicted octanol–water partition coefficient (Wildman–Crippen LogP) is 0.714. The number of hydrogen-bond acceptors (Lipinski definition) is 5. The van der Waals surface area contributed by atoms with Crippen molar-refractivity contribution in [2.45, 2.75) is 56.8 Å². The Kier molecular flexibility index (Phi) is 6.42. The van der Waals surface area contributed by atoms with Gasteiger partial charge in [0.1, 0.15) is 11.5 Å². The standard InChI is InChI=1S/C16H26ClNO5/c1-23-10-11-4-2-9-18(11)15(22)16(7-3-8-17)13(20)6-5-12(19)14(16)21/h11-12,14,19,21H,2-10H2,1H3/t11-,12-,14-,16-/m0/s1. The zero-order chi connectivity index (χ0) is 17.0. The third kappa shape index (κ3) is 3.40. The number of carbonyl (C=O) groups is 2. The molecule has 2 fully saturated rings. The lowest BCUT2D eigenvalue weighted by molar-refractivity contribution is -0.172. The summed E-state index contributed by atoms with van der Waals surface area (Å²) in [7, 11) is 1.58. The maximum atomic E-state index is 13.2. The number of ether oxygens (including phenoxy) is 1. The lowest BCUT2D eigenvalue weighted by Gasteiger charge is -2.44. The summed E-state index contributed by atoms with van der Waals surface area (Å²) < 4.78 is 5.17. The number of halogens is 1. The molecular weight excluding hydrogens is 322 g/mol. The summed E-state index contributed by atoms with van der Waals surface area (Å²) in [5, 5.41) is 20.6. The minimum atomic E-state index is -1.57. The number of Topliss-reactive ketones (excluding diaryl/α,β-unsaturated/α-hetero) is 1. The predicted molar refractivity (Wildman–Crippen MR) is 85.3 cm³/mol. The number of rotatable bonds is 6. The highest BCUT2D eigenvalue weighted by Gasteiger charge is 2.57. The first-order valence-corrected chi connectivity index (χ1v) is 8.78. The summed E-state index contributed by atoms with van der Waals surface area (Å²) in [5.41, 5.74) is -1.57. The van der Waals surface area contributed by atoms with Crippen molar-refractivity contribution < 1.29 is 24.5 Å². The van der Waals surface area contributed by atoms with E-state index in [4.69, 9.17) is 16.3 Å². The van der Waals surface area contributed by atoms with Gasteiger partial charge in [0.15, 0.2) is 5.78 Å². The molecule has 0 aromatic rings. The van der Waals surface area contributed by atoms with Gasteiger partial charge in [0, 0.05) is 26.0 Å². The zero-order valence-corrected chi connectivity index (χ0v) is 14.3. The van der Waals surface area contributed by atoms with Crippen LogP contribution in [-0.4, -0.2) is 71.2 Å². The Morgan fingerprint density at radius 1 is 1.43 bits per heavy atom. The number of nitrogens with zero attached hydrogens (tertiary/aromatic N) is 1. The summed E-state index contributed by atoms with van der Waals surface area (Å²) in [5.74, 6) is -0.362. The molecule has 1 aliphatic heterocycles. The molecule has 4 atom stereocenters. The van der Waals surface area contributed by atoms with Gasteiger partial charge in [-0.15, -0.1) is 11.6 Å². The van der Waals surface area contributed by atoms with Crippen LogP contribution in [-0.2, 0) is 14.3 Å². The smallest absolute Gasteiger partial charge is 0.239 e. The van der Waals surface area contributed by atoms with Crippen molar-refractivity contribution in [3.8, 4) is 0 Å². The molecule has 1 aliphatic carbocycles. The number of ketones is 1. The second kappa shape index (κ2) is 7.92. The van der Waals surface area contributed by atoms with E-state index in [1.54, 1.807) is 12.0 Å². The van der Waals surface area contributed by atoms with Crippen molar-refractivity contribution in [3.63, 3.8) is 0 Å². The molecule has 0 radical (unpaired) electrons. The van der Waals surface area contributed by atoms with Crippen molar-refractivity contribution in [2.75, 3.05) is 26.1 Å². The Hall–Kier alpha value is -0.690. The second-order valence-electron chi connectivity index (χ2n) is 6.49. The fourth-order valence-electron chi connectivity index (χ4n) is 3.86. The molecule has 0 spiro atoms. The molecule has 2 rings (SSSR count). The number of aliphatic hydroxyl groups excluding tert-OH is 2. The molecule has 1 saturated carbocycles. The molecule has 6 nitrogen and oxygen atoms in total. The van der Waals surface area contributed by atoms with Gasteiger partial charge in [0.25, 0.3) is 0 Å². The molecule has 1 heterocycles. The number of likely N-dealkylation sites (tertiary alicyclic amines) is 1. The zero-order valence-electron chi connectivity index (χ0n) is 13.5. The SMILES string of the molecule is COC[C@@H]1CCCN1C(=O)[C@@]1(CCCCl)C(=O)CC[C@H](O)[C@@H]1O. The lowest BCUT2D eigenvalue weighted by atomic mass is 9.66. The van der Waals surface area contributed by atoms with Crippen molar-refractivity contribution in [1.29, 1.82) is 0 Å². The molecule has 23 heavy (non-hydrogen) atoms. The molecule has 0 aromatic carbocycles. The van der Waals surface area contributed by atoms with Gasteiger partial charge in [-0.1, -0.05) is 0 Å². The highest BCUT2D eigenvalue weighted by Crippen LogP contribution is 2.41. The first-order valence-electron chi connectivity index (χ1n) is 8.24. The number of alkyl halides is 1. The highest BCUT2D eigenvalue weighted by atomic mass is 35.5. The van der Waals surface area contributed by atoms with Crippen LogP contribution in [0.15, 0.2) is 0 Å². The molecule has 2 N–H and O–H groups in total. The van der Waals surface area contributed by atoms with Crippen LogP contribution in [0.2, 0.25) is 0 Å². The van der Waals surface area contributed by atoms with Crippen molar-refractivity contribution in [2.24, 2.45) is 5.41 Å². The lowest BCUT2D eigenvalue weighted by Crippen LogP contribution is -2.61. The number of methoxy groups -OCH3 is 1. The van der Waals surface area contributed by atoms with Crippen LogP contribution in [0.25, 0.3) is 0 Å². The number of aliphatic hydroxyl groups is 2. The molecule has 1 saturated heterocycles. The van der Waals surface area contributed by atoms with Crippen molar-refractivity contribution in [1.82, 2.24) is 4.90 Å². The molecule has 1 amide bonds. The largest absolute Gasteiger partial charge is 0.390 e. The van der Waals surface area contributed by atoms with E-state index < -0.39 is 17.6 Å². The third-order valence-electron chi connectivity index (χ3n) is 5.12. The molecule has 132 valence electrons. The van der Waals surface area contributed by atoms with Gasteiger partial charge in [0.05, 0.1) is 18.8 Å². The minimum absolute atomic E-state index is 0.0838. The maximum absolute atomic E-state index is 13.2.